The Morgan fingerprint density at radius 2 is 1.95 bits per heavy atom. The summed E-state index contributed by atoms with van der Waals surface area (Å²) in [5.41, 5.74) is 1.46. The van der Waals surface area contributed by atoms with Gasteiger partial charge in [-0.1, -0.05) is 18.2 Å². The molecule has 110 valence electrons. The zero-order valence-corrected chi connectivity index (χ0v) is 11.4. The Morgan fingerprint density at radius 3 is 2.73 bits per heavy atom. The molecule has 0 saturated heterocycles. The van der Waals surface area contributed by atoms with Crippen molar-refractivity contribution in [2.24, 2.45) is 5.92 Å². The van der Waals surface area contributed by atoms with Crippen molar-refractivity contribution in [2.75, 3.05) is 0 Å². The molecular formula is C16H11NO5. The highest BCUT2D eigenvalue weighted by Crippen LogP contribution is 2.36. The Bertz CT molecular complexity index is 913. The number of benzene rings is 2. The van der Waals surface area contributed by atoms with Gasteiger partial charge in [-0.3, -0.25) is 14.9 Å². The van der Waals surface area contributed by atoms with Gasteiger partial charge in [0, 0.05) is 22.1 Å². The van der Waals surface area contributed by atoms with E-state index in [-0.39, 0.29) is 6.42 Å². The number of carbonyl (C=O) groups excluding carboxylic acids is 1. The summed E-state index contributed by atoms with van der Waals surface area (Å²) in [4.78, 5) is 22.0. The van der Waals surface area contributed by atoms with Crippen LogP contribution in [-0.2, 0) is 4.79 Å². The fourth-order valence-electron chi connectivity index (χ4n) is 2.63. The van der Waals surface area contributed by atoms with E-state index in [0.717, 1.165) is 16.4 Å². The number of fused-ring (bicyclic) bond motifs is 3. The van der Waals surface area contributed by atoms with Crippen molar-refractivity contribution in [3.05, 3.63) is 52.6 Å². The van der Waals surface area contributed by atoms with E-state index in [2.05, 4.69) is 0 Å². The second kappa shape index (κ2) is 4.56. The number of hydrogen-bond acceptors (Lipinski definition) is 5. The van der Waals surface area contributed by atoms with E-state index in [9.17, 15) is 14.9 Å². The number of rotatable bonds is 3. The molecule has 6 nitrogen and oxygen atoms in total. The van der Waals surface area contributed by atoms with Crippen molar-refractivity contribution in [1.29, 1.82) is 0 Å². The normalized spacial score (nSPS) is 20.2. The number of para-hydroxylation sites is 1. The van der Waals surface area contributed by atoms with Gasteiger partial charge in [-0.05, 0) is 24.3 Å². The van der Waals surface area contributed by atoms with Crippen LogP contribution in [0.2, 0.25) is 0 Å². The van der Waals surface area contributed by atoms with Gasteiger partial charge in [-0.2, -0.15) is 0 Å². The molecule has 22 heavy (non-hydrogen) atoms. The van der Waals surface area contributed by atoms with Gasteiger partial charge >= 0.3 is 5.97 Å². The summed E-state index contributed by atoms with van der Waals surface area (Å²) in [6.07, 6.45) is 0.253. The number of furan rings is 1. The van der Waals surface area contributed by atoms with Crippen LogP contribution in [0.1, 0.15) is 6.42 Å². The lowest BCUT2D eigenvalue weighted by Crippen LogP contribution is -2.16. The molecule has 0 spiro atoms. The molecular weight excluding hydrogens is 286 g/mol. The lowest BCUT2D eigenvalue weighted by Gasteiger charge is -2.02. The summed E-state index contributed by atoms with van der Waals surface area (Å²) in [5, 5.41) is 12.4. The number of ether oxygens (including phenoxy) is 1. The highest BCUT2D eigenvalue weighted by Gasteiger charge is 2.54. The van der Waals surface area contributed by atoms with Crippen molar-refractivity contribution in [3.8, 4) is 5.75 Å². The van der Waals surface area contributed by atoms with Gasteiger partial charge in [-0.25, -0.2) is 0 Å². The first-order valence-corrected chi connectivity index (χ1v) is 6.90. The average Bonchev–Trinajstić information content (AvgIpc) is 3.23. The van der Waals surface area contributed by atoms with E-state index in [1.54, 1.807) is 18.2 Å². The van der Waals surface area contributed by atoms with Gasteiger partial charge in [0.1, 0.15) is 22.8 Å². The van der Waals surface area contributed by atoms with Crippen LogP contribution in [0, 0.1) is 16.0 Å². The van der Waals surface area contributed by atoms with Crippen LogP contribution < -0.4 is 4.74 Å². The summed E-state index contributed by atoms with van der Waals surface area (Å²) in [6, 6.07) is 11.9. The minimum atomic E-state index is -0.800. The summed E-state index contributed by atoms with van der Waals surface area (Å²) in [7, 11) is 0. The quantitative estimate of drug-likeness (QED) is 0.321. The second-order valence-electron chi connectivity index (χ2n) is 5.37. The second-order valence-corrected chi connectivity index (χ2v) is 5.37. The van der Waals surface area contributed by atoms with Crippen molar-refractivity contribution in [3.63, 3.8) is 0 Å². The summed E-state index contributed by atoms with van der Waals surface area (Å²) in [6.45, 7) is 0. The van der Waals surface area contributed by atoms with Crippen molar-refractivity contribution >= 4 is 27.9 Å². The van der Waals surface area contributed by atoms with Crippen molar-refractivity contribution in [1.82, 2.24) is 0 Å². The number of esters is 1. The standard InChI is InChI=1S/C16H11NO5/c18-16(12-8-13(12)17(19)20)21-9-5-6-15-11(7-9)10-3-1-2-4-14(10)22-15/h1-7,12-13H,8H2. The Kier molecular flexibility index (Phi) is 2.66. The topological polar surface area (TPSA) is 82.6 Å². The highest BCUT2D eigenvalue weighted by molar-refractivity contribution is 6.05. The molecule has 0 radical (unpaired) electrons. The fourth-order valence-corrected chi connectivity index (χ4v) is 2.63. The highest BCUT2D eigenvalue weighted by atomic mass is 16.6. The van der Waals surface area contributed by atoms with E-state index < -0.39 is 22.9 Å². The maximum atomic E-state index is 11.9. The minimum Gasteiger partial charge on any atom is -0.456 e. The van der Waals surface area contributed by atoms with Gasteiger partial charge in [0.15, 0.2) is 0 Å². The molecule has 2 aromatic carbocycles. The molecule has 1 saturated carbocycles. The van der Waals surface area contributed by atoms with Gasteiger partial charge in [0.05, 0.1) is 0 Å². The van der Waals surface area contributed by atoms with Crippen LogP contribution in [0.4, 0.5) is 0 Å². The molecule has 1 aliphatic carbocycles. The van der Waals surface area contributed by atoms with Crippen LogP contribution in [0.3, 0.4) is 0 Å². The predicted octanol–water partition coefficient (Wildman–Crippen LogP) is 3.16. The van der Waals surface area contributed by atoms with Gasteiger partial charge in [0.25, 0.3) is 0 Å². The van der Waals surface area contributed by atoms with Crippen LogP contribution in [0.5, 0.6) is 5.75 Å². The molecule has 3 aromatic rings. The van der Waals surface area contributed by atoms with E-state index in [0.29, 0.717) is 11.3 Å². The lowest BCUT2D eigenvalue weighted by molar-refractivity contribution is -0.497. The van der Waals surface area contributed by atoms with Gasteiger partial charge < -0.3 is 9.15 Å². The van der Waals surface area contributed by atoms with Crippen LogP contribution in [0.25, 0.3) is 21.9 Å². The van der Waals surface area contributed by atoms with Crippen LogP contribution >= 0.6 is 0 Å². The van der Waals surface area contributed by atoms with E-state index in [4.69, 9.17) is 9.15 Å². The Labute approximate surface area is 124 Å². The largest absolute Gasteiger partial charge is 0.456 e. The van der Waals surface area contributed by atoms with E-state index in [1.165, 1.54) is 0 Å². The fraction of sp³-hybridized carbons (Fsp3) is 0.188. The Morgan fingerprint density at radius 1 is 1.18 bits per heavy atom. The summed E-state index contributed by atoms with van der Waals surface area (Å²) in [5.74, 6) is -0.807. The van der Waals surface area contributed by atoms with Gasteiger partial charge in [0.2, 0.25) is 6.04 Å². The Balaban J connectivity index is 1.64. The molecule has 1 aromatic heterocycles. The molecule has 2 atom stereocenters. The molecule has 1 aliphatic rings. The average molecular weight is 297 g/mol. The molecule has 2 unspecified atom stereocenters. The predicted molar refractivity (Wildman–Crippen MR) is 78.2 cm³/mol. The lowest BCUT2D eigenvalue weighted by atomic mass is 10.1. The summed E-state index contributed by atoms with van der Waals surface area (Å²) < 4.78 is 11.0. The first kappa shape index (κ1) is 12.8. The third-order valence-electron chi connectivity index (χ3n) is 3.90. The molecule has 0 aliphatic heterocycles. The molecule has 0 bridgehead atoms. The zero-order valence-electron chi connectivity index (χ0n) is 11.4. The Hall–Kier alpha value is -2.89. The van der Waals surface area contributed by atoms with Crippen LogP contribution in [0.15, 0.2) is 46.9 Å². The molecule has 4 rings (SSSR count). The summed E-state index contributed by atoms with van der Waals surface area (Å²) >= 11 is 0. The number of nitrogens with zero attached hydrogens (tertiary/aromatic N) is 1. The molecule has 0 N–H and O–H groups in total. The number of carbonyl (C=O) groups is 1. The third-order valence-corrected chi connectivity index (χ3v) is 3.90. The first-order chi connectivity index (χ1) is 10.6. The SMILES string of the molecule is O=C(Oc1ccc2oc3ccccc3c2c1)C1CC1[N+](=O)[O-]. The monoisotopic (exact) mass is 297 g/mol. The molecule has 0 amide bonds. The zero-order chi connectivity index (χ0) is 15.3. The smallest absolute Gasteiger partial charge is 0.321 e. The number of hydrogen-bond donors (Lipinski definition) is 0. The maximum absolute atomic E-state index is 11.9. The maximum Gasteiger partial charge on any atom is 0.321 e. The van der Waals surface area contributed by atoms with E-state index in [1.807, 2.05) is 24.3 Å². The van der Waals surface area contributed by atoms with Gasteiger partial charge in [-0.15, -0.1) is 0 Å². The van der Waals surface area contributed by atoms with Crippen molar-refractivity contribution in [2.45, 2.75) is 12.5 Å². The molecule has 1 heterocycles. The number of nitro groups is 1. The minimum absolute atomic E-state index is 0.253. The van der Waals surface area contributed by atoms with Crippen molar-refractivity contribution < 1.29 is 18.9 Å². The molecule has 1 fully saturated rings. The van der Waals surface area contributed by atoms with Crippen LogP contribution in [-0.4, -0.2) is 16.9 Å². The first-order valence-electron chi connectivity index (χ1n) is 6.90. The van der Waals surface area contributed by atoms with E-state index >= 15 is 0 Å². The third kappa shape index (κ3) is 2.00. The molecule has 6 heteroatoms.